The maximum absolute atomic E-state index is 12.2. The van der Waals surface area contributed by atoms with Crippen molar-refractivity contribution >= 4 is 10.0 Å². The molecule has 0 saturated carbocycles. The van der Waals surface area contributed by atoms with E-state index in [9.17, 15) is 18.0 Å². The normalized spacial score (nSPS) is 12.9. The van der Waals surface area contributed by atoms with E-state index < -0.39 is 21.3 Å². The second-order valence-electron chi connectivity index (χ2n) is 5.67. The van der Waals surface area contributed by atoms with Gasteiger partial charge in [-0.1, -0.05) is 24.3 Å². The van der Waals surface area contributed by atoms with Gasteiger partial charge >= 0.3 is 5.69 Å². The van der Waals surface area contributed by atoms with Gasteiger partial charge in [0.1, 0.15) is 0 Å². The first-order valence-electron chi connectivity index (χ1n) is 7.64. The minimum Gasteiger partial charge on any atom is -0.301 e. The fourth-order valence-corrected chi connectivity index (χ4v) is 3.80. The molecule has 2 aromatic rings. The Balaban J connectivity index is 1.95. The van der Waals surface area contributed by atoms with Crippen LogP contribution in [0.25, 0.3) is 0 Å². The number of hydrogen-bond acceptors (Lipinski definition) is 4. The van der Waals surface area contributed by atoms with Crippen LogP contribution in [0.1, 0.15) is 30.5 Å². The number of rotatable bonds is 7. The Hall–Kier alpha value is -2.19. The van der Waals surface area contributed by atoms with Crippen LogP contribution < -0.4 is 16.0 Å². The van der Waals surface area contributed by atoms with E-state index in [-0.39, 0.29) is 24.8 Å². The lowest BCUT2D eigenvalue weighted by Crippen LogP contribution is -2.32. The molecule has 1 atom stereocenters. The molecule has 0 aliphatic heterocycles. The lowest BCUT2D eigenvalue weighted by atomic mass is 10.0. The highest BCUT2D eigenvalue weighted by Gasteiger charge is 2.16. The van der Waals surface area contributed by atoms with Crippen molar-refractivity contribution in [2.24, 2.45) is 0 Å². The molecule has 0 radical (unpaired) electrons. The van der Waals surface area contributed by atoms with Gasteiger partial charge in [0.15, 0.2) is 0 Å². The van der Waals surface area contributed by atoms with Crippen LogP contribution in [0.4, 0.5) is 0 Å². The van der Waals surface area contributed by atoms with Gasteiger partial charge in [0, 0.05) is 24.8 Å². The van der Waals surface area contributed by atoms with Gasteiger partial charge in [-0.3, -0.25) is 9.78 Å². The van der Waals surface area contributed by atoms with Gasteiger partial charge in [0.25, 0.3) is 5.56 Å². The van der Waals surface area contributed by atoms with Gasteiger partial charge in [-0.15, -0.1) is 0 Å². The second kappa shape index (κ2) is 7.59. The molecule has 2 rings (SSSR count). The fourth-order valence-electron chi connectivity index (χ4n) is 2.51. The number of hydrogen-bond donors (Lipinski definition) is 2. The summed E-state index contributed by atoms with van der Waals surface area (Å²) in [4.78, 5) is 24.7. The van der Waals surface area contributed by atoms with E-state index in [2.05, 4.69) is 9.71 Å². The van der Waals surface area contributed by atoms with Crippen molar-refractivity contribution in [1.82, 2.24) is 14.3 Å². The Labute approximate surface area is 140 Å². The van der Waals surface area contributed by atoms with Crippen LogP contribution in [-0.2, 0) is 16.6 Å². The minimum atomic E-state index is -3.47. The van der Waals surface area contributed by atoms with Crippen LogP contribution in [0.5, 0.6) is 0 Å². The van der Waals surface area contributed by atoms with Crippen molar-refractivity contribution in [2.45, 2.75) is 32.9 Å². The molecule has 0 spiro atoms. The molecule has 1 heterocycles. The highest BCUT2D eigenvalue weighted by atomic mass is 32.2. The highest BCUT2D eigenvalue weighted by molar-refractivity contribution is 7.89. The first-order chi connectivity index (χ1) is 11.3. The van der Waals surface area contributed by atoms with E-state index >= 15 is 0 Å². The molecule has 24 heavy (non-hydrogen) atoms. The lowest BCUT2D eigenvalue weighted by Gasteiger charge is -2.16. The Morgan fingerprint density at radius 1 is 1.21 bits per heavy atom. The van der Waals surface area contributed by atoms with Gasteiger partial charge in [-0.2, -0.15) is 0 Å². The average molecular weight is 351 g/mol. The number of nitrogens with one attached hydrogen (secondary N) is 2. The summed E-state index contributed by atoms with van der Waals surface area (Å²) in [6.45, 7) is 3.95. The van der Waals surface area contributed by atoms with Crippen LogP contribution in [0.2, 0.25) is 0 Å². The van der Waals surface area contributed by atoms with E-state index in [1.165, 1.54) is 16.8 Å². The topological polar surface area (TPSA) is 101 Å². The van der Waals surface area contributed by atoms with Gasteiger partial charge in [-0.05, 0) is 31.4 Å². The Bertz CT molecular complexity index is 915. The van der Waals surface area contributed by atoms with Crippen LogP contribution in [0.3, 0.4) is 0 Å². The molecule has 0 fully saturated rings. The molecule has 2 N–H and O–H groups in total. The molecule has 7 nitrogen and oxygen atoms in total. The van der Waals surface area contributed by atoms with E-state index in [4.69, 9.17) is 0 Å². The second-order valence-corrected chi connectivity index (χ2v) is 7.55. The van der Waals surface area contributed by atoms with Crippen molar-refractivity contribution in [1.29, 1.82) is 0 Å². The van der Waals surface area contributed by atoms with Crippen molar-refractivity contribution < 1.29 is 8.42 Å². The summed E-state index contributed by atoms with van der Waals surface area (Å²) in [7, 11) is -3.47. The van der Waals surface area contributed by atoms with Gasteiger partial charge in [-0.25, -0.2) is 17.9 Å². The molecular formula is C16H21N3O4S. The summed E-state index contributed by atoms with van der Waals surface area (Å²) in [5, 5.41) is 0. The van der Waals surface area contributed by atoms with Crippen molar-refractivity contribution in [3.63, 3.8) is 0 Å². The van der Waals surface area contributed by atoms with E-state index in [1.54, 1.807) is 6.92 Å². The SMILES string of the molecule is Cc1ccccc1[C@@H](C)NS(=O)(=O)CCCn1ccc(=O)[nH]c1=O. The maximum atomic E-state index is 12.2. The maximum Gasteiger partial charge on any atom is 0.328 e. The van der Waals surface area contributed by atoms with Crippen LogP contribution in [0.15, 0.2) is 46.1 Å². The Morgan fingerprint density at radius 3 is 2.58 bits per heavy atom. The average Bonchev–Trinajstić information content (AvgIpc) is 2.49. The molecule has 8 heteroatoms. The number of nitrogens with zero attached hydrogens (tertiary/aromatic N) is 1. The van der Waals surface area contributed by atoms with Crippen molar-refractivity contribution in [3.8, 4) is 0 Å². The quantitative estimate of drug-likeness (QED) is 0.774. The molecule has 130 valence electrons. The summed E-state index contributed by atoms with van der Waals surface area (Å²) in [6, 6.07) is 8.50. The molecule has 0 aliphatic rings. The molecule has 1 aromatic heterocycles. The molecule has 0 amide bonds. The molecule has 0 bridgehead atoms. The number of aromatic amines is 1. The predicted octanol–water partition coefficient (Wildman–Crippen LogP) is 0.916. The third-order valence-corrected chi connectivity index (χ3v) is 5.26. The van der Waals surface area contributed by atoms with Crippen molar-refractivity contribution in [2.75, 3.05) is 5.75 Å². The summed E-state index contributed by atoms with van der Waals surface area (Å²) < 4.78 is 28.3. The largest absolute Gasteiger partial charge is 0.328 e. The van der Waals surface area contributed by atoms with E-state index in [0.29, 0.717) is 0 Å². The van der Waals surface area contributed by atoms with Crippen LogP contribution in [0, 0.1) is 6.92 Å². The zero-order valence-corrected chi connectivity index (χ0v) is 14.5. The molecule has 0 aliphatic carbocycles. The smallest absolute Gasteiger partial charge is 0.301 e. The lowest BCUT2D eigenvalue weighted by molar-refractivity contribution is 0.555. The van der Waals surface area contributed by atoms with E-state index in [1.807, 2.05) is 31.2 Å². The van der Waals surface area contributed by atoms with E-state index in [0.717, 1.165) is 11.1 Å². The number of aromatic nitrogens is 2. The summed E-state index contributed by atoms with van der Waals surface area (Å²) >= 11 is 0. The van der Waals surface area contributed by atoms with Gasteiger partial charge in [0.2, 0.25) is 10.0 Å². The first-order valence-corrected chi connectivity index (χ1v) is 9.29. The zero-order chi connectivity index (χ0) is 17.7. The molecule has 1 aromatic carbocycles. The number of H-pyrrole nitrogens is 1. The monoisotopic (exact) mass is 351 g/mol. The molecule has 0 saturated heterocycles. The number of benzene rings is 1. The van der Waals surface area contributed by atoms with Crippen LogP contribution in [-0.4, -0.2) is 23.7 Å². The molecular weight excluding hydrogens is 330 g/mol. The number of aryl methyl sites for hydroxylation is 2. The fraction of sp³-hybridized carbons (Fsp3) is 0.375. The Morgan fingerprint density at radius 2 is 1.92 bits per heavy atom. The predicted molar refractivity (Wildman–Crippen MR) is 92.5 cm³/mol. The third kappa shape index (κ3) is 4.90. The highest BCUT2D eigenvalue weighted by Crippen LogP contribution is 2.17. The summed E-state index contributed by atoms with van der Waals surface area (Å²) in [5.41, 5.74) is 0.934. The van der Waals surface area contributed by atoms with Crippen LogP contribution >= 0.6 is 0 Å². The number of sulfonamides is 1. The van der Waals surface area contributed by atoms with Gasteiger partial charge < -0.3 is 4.57 Å². The zero-order valence-electron chi connectivity index (χ0n) is 13.7. The van der Waals surface area contributed by atoms with Crippen molar-refractivity contribution in [3.05, 3.63) is 68.5 Å². The minimum absolute atomic E-state index is 0.102. The third-order valence-electron chi connectivity index (χ3n) is 3.72. The van der Waals surface area contributed by atoms with Gasteiger partial charge in [0.05, 0.1) is 5.75 Å². The summed E-state index contributed by atoms with van der Waals surface area (Å²) in [6.07, 6.45) is 1.62. The molecule has 0 unspecified atom stereocenters. The Kier molecular flexibility index (Phi) is 5.74. The standard InChI is InChI=1S/C16H21N3O4S/c1-12-6-3-4-7-14(12)13(2)18-24(22,23)11-5-9-19-10-8-15(20)17-16(19)21/h3-4,6-8,10,13,18H,5,9,11H2,1-2H3,(H,17,20,21)/t13-/m1/s1. The first kappa shape index (κ1) is 18.2. The summed E-state index contributed by atoms with van der Waals surface area (Å²) in [5.74, 6) is -0.102.